The van der Waals surface area contributed by atoms with Crippen LogP contribution >= 0.6 is 0 Å². The van der Waals surface area contributed by atoms with E-state index in [1.165, 1.54) is 0 Å². The van der Waals surface area contributed by atoms with Crippen LogP contribution in [0.15, 0.2) is 24.3 Å². The van der Waals surface area contributed by atoms with Crippen molar-refractivity contribution in [2.24, 2.45) is 13.0 Å². The molecule has 1 aromatic carbocycles. The number of ether oxygens (including phenoxy) is 1. The van der Waals surface area contributed by atoms with E-state index in [9.17, 15) is 4.79 Å². The van der Waals surface area contributed by atoms with Gasteiger partial charge in [0.2, 0.25) is 11.9 Å². The minimum atomic E-state index is 0.0488. The van der Waals surface area contributed by atoms with Crippen LogP contribution in [0.25, 0.3) is 11.0 Å². The van der Waals surface area contributed by atoms with Crippen LogP contribution in [0.1, 0.15) is 19.3 Å². The first-order chi connectivity index (χ1) is 11.7. The van der Waals surface area contributed by atoms with Crippen LogP contribution in [-0.2, 0) is 16.6 Å². The maximum Gasteiger partial charge on any atom is 0.225 e. The van der Waals surface area contributed by atoms with Crippen LogP contribution in [0, 0.1) is 5.92 Å². The van der Waals surface area contributed by atoms with Gasteiger partial charge in [-0.3, -0.25) is 4.79 Å². The highest BCUT2D eigenvalue weighted by atomic mass is 16.5. The highest BCUT2D eigenvalue weighted by Crippen LogP contribution is 2.26. The number of carbonyl (C=O) groups is 1. The van der Waals surface area contributed by atoms with E-state index in [4.69, 9.17) is 9.72 Å². The van der Waals surface area contributed by atoms with Crippen LogP contribution in [0.3, 0.4) is 0 Å². The van der Waals surface area contributed by atoms with Gasteiger partial charge >= 0.3 is 0 Å². The number of hydrogen-bond acceptors (Lipinski definition) is 4. The molecule has 2 aliphatic rings. The van der Waals surface area contributed by atoms with Gasteiger partial charge in [0.05, 0.1) is 17.0 Å². The summed E-state index contributed by atoms with van der Waals surface area (Å²) in [6.07, 6.45) is 2.73. The predicted molar refractivity (Wildman–Crippen MR) is 93.0 cm³/mol. The van der Waals surface area contributed by atoms with Gasteiger partial charge in [-0.25, -0.2) is 4.98 Å². The maximum atomic E-state index is 12.5. The third kappa shape index (κ3) is 2.86. The molecule has 1 unspecified atom stereocenters. The summed E-state index contributed by atoms with van der Waals surface area (Å²) in [4.78, 5) is 19.5. The summed E-state index contributed by atoms with van der Waals surface area (Å²) in [7, 11) is 2.04. The molecule has 0 radical (unpaired) electrons. The molecule has 2 aromatic rings. The first-order valence-electron chi connectivity index (χ1n) is 8.77. The van der Waals surface area contributed by atoms with Crippen LogP contribution in [0.4, 0.5) is 5.95 Å². The average Bonchev–Trinajstić information content (AvgIpc) is 3.21. The number of carbonyl (C=O) groups excluding carboxylic acids is 1. The van der Waals surface area contributed by atoms with Gasteiger partial charge in [-0.2, -0.15) is 0 Å². The van der Waals surface area contributed by atoms with Crippen molar-refractivity contribution >= 4 is 22.9 Å². The summed E-state index contributed by atoms with van der Waals surface area (Å²) >= 11 is 0. The van der Waals surface area contributed by atoms with Crippen molar-refractivity contribution in [2.45, 2.75) is 25.3 Å². The molecule has 1 amide bonds. The number of nitrogens with zero attached hydrogens (tertiary/aromatic N) is 3. The zero-order chi connectivity index (χ0) is 16.5. The van der Waals surface area contributed by atoms with E-state index in [1.54, 1.807) is 0 Å². The van der Waals surface area contributed by atoms with Crippen molar-refractivity contribution < 1.29 is 9.53 Å². The highest BCUT2D eigenvalue weighted by molar-refractivity contribution is 5.81. The number of amides is 1. The molecule has 3 heterocycles. The zero-order valence-electron chi connectivity index (χ0n) is 14.1. The van der Waals surface area contributed by atoms with Gasteiger partial charge in [-0.05, 0) is 31.4 Å². The van der Waals surface area contributed by atoms with Gasteiger partial charge in [0.15, 0.2) is 0 Å². The lowest BCUT2D eigenvalue weighted by Crippen LogP contribution is -2.42. The molecule has 2 saturated heterocycles. The summed E-state index contributed by atoms with van der Waals surface area (Å²) in [5.74, 6) is 1.19. The lowest BCUT2D eigenvalue weighted by atomic mass is 10.1. The third-order valence-electron chi connectivity index (χ3n) is 5.17. The molecular weight excluding hydrogens is 304 g/mol. The Morgan fingerprint density at radius 3 is 2.83 bits per heavy atom. The second-order valence-corrected chi connectivity index (χ2v) is 6.79. The molecule has 0 saturated carbocycles. The summed E-state index contributed by atoms with van der Waals surface area (Å²) < 4.78 is 7.47. The van der Waals surface area contributed by atoms with E-state index in [2.05, 4.69) is 20.9 Å². The van der Waals surface area contributed by atoms with Crippen molar-refractivity contribution in [2.75, 3.05) is 31.2 Å². The standard InChI is InChI=1S/C18H24N4O2/c1-21-16-5-3-2-4-15(16)20-18(21)22-9-6-13(12-22)17(23)19-14-7-10-24-11-8-14/h2-5,13-14H,6-12H2,1H3,(H,19,23). The van der Waals surface area contributed by atoms with Crippen molar-refractivity contribution in [3.05, 3.63) is 24.3 Å². The minimum Gasteiger partial charge on any atom is -0.381 e. The quantitative estimate of drug-likeness (QED) is 0.932. The Morgan fingerprint density at radius 1 is 1.25 bits per heavy atom. The fourth-order valence-corrected chi connectivity index (χ4v) is 3.73. The summed E-state index contributed by atoms with van der Waals surface area (Å²) in [5.41, 5.74) is 2.13. The van der Waals surface area contributed by atoms with Crippen LogP contribution in [0.2, 0.25) is 0 Å². The van der Waals surface area contributed by atoms with Crippen molar-refractivity contribution in [1.82, 2.24) is 14.9 Å². The molecule has 1 N–H and O–H groups in total. The fourth-order valence-electron chi connectivity index (χ4n) is 3.73. The van der Waals surface area contributed by atoms with E-state index in [0.29, 0.717) is 0 Å². The van der Waals surface area contributed by atoms with Gasteiger partial charge in [0.1, 0.15) is 0 Å². The SMILES string of the molecule is Cn1c(N2CCC(C(=O)NC3CCOCC3)C2)nc2ccccc21. The number of imidazole rings is 1. The maximum absolute atomic E-state index is 12.5. The van der Waals surface area contributed by atoms with Crippen molar-refractivity contribution in [3.63, 3.8) is 0 Å². The molecule has 0 spiro atoms. The largest absolute Gasteiger partial charge is 0.381 e. The topological polar surface area (TPSA) is 59.4 Å². The monoisotopic (exact) mass is 328 g/mol. The van der Waals surface area contributed by atoms with E-state index in [-0.39, 0.29) is 17.9 Å². The highest BCUT2D eigenvalue weighted by Gasteiger charge is 2.31. The molecule has 6 heteroatoms. The molecule has 128 valence electrons. The number of hydrogen-bond donors (Lipinski definition) is 1. The summed E-state index contributed by atoms with van der Waals surface area (Å²) in [6, 6.07) is 8.42. The molecule has 1 aromatic heterocycles. The molecule has 0 aliphatic carbocycles. The number of aryl methyl sites for hydroxylation is 1. The smallest absolute Gasteiger partial charge is 0.225 e. The Labute approximate surface area is 141 Å². The second-order valence-electron chi connectivity index (χ2n) is 6.79. The van der Waals surface area contributed by atoms with Gasteiger partial charge in [-0.15, -0.1) is 0 Å². The number of nitrogens with one attached hydrogen (secondary N) is 1. The molecule has 4 rings (SSSR count). The Balaban J connectivity index is 1.43. The second kappa shape index (κ2) is 6.43. The molecule has 24 heavy (non-hydrogen) atoms. The van der Waals surface area contributed by atoms with E-state index >= 15 is 0 Å². The van der Waals surface area contributed by atoms with Crippen LogP contribution < -0.4 is 10.2 Å². The van der Waals surface area contributed by atoms with E-state index in [0.717, 1.165) is 62.5 Å². The Bertz CT molecular complexity index is 736. The predicted octanol–water partition coefficient (Wildman–Crippen LogP) is 1.69. The number of rotatable bonds is 3. The Kier molecular flexibility index (Phi) is 4.14. The lowest BCUT2D eigenvalue weighted by molar-refractivity contribution is -0.125. The number of para-hydroxylation sites is 2. The lowest BCUT2D eigenvalue weighted by Gasteiger charge is -2.24. The van der Waals surface area contributed by atoms with Gasteiger partial charge in [0.25, 0.3) is 0 Å². The van der Waals surface area contributed by atoms with Gasteiger partial charge in [0, 0.05) is 39.4 Å². The molecular formula is C18H24N4O2. The summed E-state index contributed by atoms with van der Waals surface area (Å²) in [5, 5.41) is 3.20. The molecule has 2 aliphatic heterocycles. The van der Waals surface area contributed by atoms with Crippen molar-refractivity contribution in [1.29, 1.82) is 0 Å². The first-order valence-corrected chi connectivity index (χ1v) is 8.77. The van der Waals surface area contributed by atoms with Gasteiger partial charge < -0.3 is 19.5 Å². The molecule has 1 atom stereocenters. The molecule has 6 nitrogen and oxygen atoms in total. The molecule has 2 fully saturated rings. The first kappa shape index (κ1) is 15.4. The Hall–Kier alpha value is -2.08. The Morgan fingerprint density at radius 2 is 2.04 bits per heavy atom. The van der Waals surface area contributed by atoms with E-state index < -0.39 is 0 Å². The van der Waals surface area contributed by atoms with Crippen LogP contribution in [0.5, 0.6) is 0 Å². The van der Waals surface area contributed by atoms with Crippen molar-refractivity contribution in [3.8, 4) is 0 Å². The normalized spacial score (nSPS) is 22.2. The number of benzene rings is 1. The summed E-state index contributed by atoms with van der Waals surface area (Å²) in [6.45, 7) is 3.12. The van der Waals surface area contributed by atoms with E-state index in [1.807, 2.05) is 25.2 Å². The minimum absolute atomic E-state index is 0.0488. The average molecular weight is 328 g/mol. The third-order valence-corrected chi connectivity index (χ3v) is 5.17. The number of anilines is 1. The fraction of sp³-hybridized carbons (Fsp3) is 0.556. The molecule has 0 bridgehead atoms. The number of fused-ring (bicyclic) bond motifs is 1. The van der Waals surface area contributed by atoms with Gasteiger partial charge in [-0.1, -0.05) is 12.1 Å². The van der Waals surface area contributed by atoms with Crippen LogP contribution in [-0.4, -0.2) is 47.8 Å². The zero-order valence-corrected chi connectivity index (χ0v) is 14.1. The number of aromatic nitrogens is 2.